The van der Waals surface area contributed by atoms with Gasteiger partial charge in [0.05, 0.1) is 6.61 Å². The fourth-order valence-corrected chi connectivity index (χ4v) is 0.628. The van der Waals surface area contributed by atoms with Gasteiger partial charge in [-0.3, -0.25) is 4.79 Å². The molecule has 1 atom stereocenters. The lowest BCUT2D eigenvalue weighted by Gasteiger charge is -2.06. The number of carbonyl (C=O) groups excluding carboxylic acids is 1. The summed E-state index contributed by atoms with van der Waals surface area (Å²) < 4.78 is 4.70. The summed E-state index contributed by atoms with van der Waals surface area (Å²) in [5, 5.41) is 0. The molecular weight excluding hydrogens is 142 g/mol. The van der Waals surface area contributed by atoms with Crippen LogP contribution < -0.4 is 5.73 Å². The average Bonchev–Trinajstić information content (AvgIpc) is 2.00. The van der Waals surface area contributed by atoms with E-state index in [-0.39, 0.29) is 5.97 Å². The Morgan fingerprint density at radius 3 is 2.82 bits per heavy atom. The second-order valence-corrected chi connectivity index (χ2v) is 2.16. The van der Waals surface area contributed by atoms with E-state index < -0.39 is 6.04 Å². The highest BCUT2D eigenvalue weighted by Crippen LogP contribution is 1.93. The van der Waals surface area contributed by atoms with Gasteiger partial charge in [-0.25, -0.2) is 0 Å². The predicted molar refractivity (Wildman–Crippen MR) is 44.0 cm³/mol. The lowest BCUT2D eigenvalue weighted by Crippen LogP contribution is -2.31. The highest BCUT2D eigenvalue weighted by Gasteiger charge is 2.11. The van der Waals surface area contributed by atoms with Crippen LogP contribution in [0.15, 0.2) is 12.2 Å². The number of hydrogen-bond donors (Lipinski definition) is 1. The van der Waals surface area contributed by atoms with Gasteiger partial charge in [-0.1, -0.05) is 12.2 Å². The van der Waals surface area contributed by atoms with E-state index in [0.29, 0.717) is 13.0 Å². The Balaban J connectivity index is 3.63. The Kier molecular flexibility index (Phi) is 5.47. The lowest BCUT2D eigenvalue weighted by atomic mass is 10.2. The minimum atomic E-state index is -0.508. The van der Waals surface area contributed by atoms with E-state index in [4.69, 9.17) is 10.5 Å². The molecular formula is C8H15NO2. The first-order chi connectivity index (χ1) is 5.22. The van der Waals surface area contributed by atoms with E-state index in [2.05, 4.69) is 0 Å². The summed E-state index contributed by atoms with van der Waals surface area (Å²) in [6, 6.07) is -0.508. The highest BCUT2D eigenvalue weighted by atomic mass is 16.5. The normalized spacial score (nSPS) is 13.4. The predicted octanol–water partition coefficient (Wildman–Crippen LogP) is 0.843. The van der Waals surface area contributed by atoms with Crippen LogP contribution in [0.1, 0.15) is 20.3 Å². The molecule has 1 unspecified atom stereocenters. The van der Waals surface area contributed by atoms with Gasteiger partial charge in [-0.15, -0.1) is 0 Å². The van der Waals surface area contributed by atoms with E-state index in [1.807, 2.05) is 19.1 Å². The van der Waals surface area contributed by atoms with Crippen LogP contribution in [0.5, 0.6) is 0 Å². The van der Waals surface area contributed by atoms with Crippen molar-refractivity contribution in [1.82, 2.24) is 0 Å². The maximum atomic E-state index is 10.9. The molecule has 0 heterocycles. The van der Waals surface area contributed by atoms with Crippen molar-refractivity contribution in [3.05, 3.63) is 12.2 Å². The van der Waals surface area contributed by atoms with Crippen molar-refractivity contribution in [1.29, 1.82) is 0 Å². The van der Waals surface area contributed by atoms with Gasteiger partial charge in [0.1, 0.15) is 6.04 Å². The van der Waals surface area contributed by atoms with Gasteiger partial charge in [0.15, 0.2) is 0 Å². The SMILES string of the molecule is C/C=C\CC(N)C(=O)OCC. The summed E-state index contributed by atoms with van der Waals surface area (Å²) in [6.45, 7) is 4.04. The number of rotatable bonds is 4. The second kappa shape index (κ2) is 5.92. The van der Waals surface area contributed by atoms with Crippen LogP contribution in [0.4, 0.5) is 0 Å². The molecule has 0 aliphatic rings. The van der Waals surface area contributed by atoms with Crippen LogP contribution in [0, 0.1) is 0 Å². The van der Waals surface area contributed by atoms with Crippen molar-refractivity contribution in [2.75, 3.05) is 6.61 Å². The molecule has 0 rings (SSSR count). The molecule has 0 fully saturated rings. The van der Waals surface area contributed by atoms with Crippen LogP contribution >= 0.6 is 0 Å². The van der Waals surface area contributed by atoms with Crippen LogP contribution in [0.3, 0.4) is 0 Å². The van der Waals surface area contributed by atoms with Crippen molar-refractivity contribution in [3.63, 3.8) is 0 Å². The first-order valence-electron chi connectivity index (χ1n) is 3.75. The van der Waals surface area contributed by atoms with Crippen LogP contribution in [0.2, 0.25) is 0 Å². The number of esters is 1. The molecule has 2 N–H and O–H groups in total. The van der Waals surface area contributed by atoms with Gasteiger partial charge in [0.2, 0.25) is 0 Å². The Bertz CT molecular complexity index is 143. The zero-order valence-corrected chi connectivity index (χ0v) is 7.04. The maximum absolute atomic E-state index is 10.9. The molecule has 0 aliphatic carbocycles. The molecule has 0 amide bonds. The highest BCUT2D eigenvalue weighted by molar-refractivity contribution is 5.75. The molecule has 0 aromatic rings. The lowest BCUT2D eigenvalue weighted by molar-refractivity contribution is -0.144. The van der Waals surface area contributed by atoms with Gasteiger partial charge in [0, 0.05) is 0 Å². The summed E-state index contributed by atoms with van der Waals surface area (Å²) in [5.41, 5.74) is 5.46. The molecule has 0 bridgehead atoms. The van der Waals surface area contributed by atoms with E-state index in [1.54, 1.807) is 6.92 Å². The zero-order valence-electron chi connectivity index (χ0n) is 7.04. The first kappa shape index (κ1) is 10.2. The number of allylic oxidation sites excluding steroid dienone is 1. The van der Waals surface area contributed by atoms with E-state index in [9.17, 15) is 4.79 Å². The Hall–Kier alpha value is -0.830. The monoisotopic (exact) mass is 157 g/mol. The van der Waals surface area contributed by atoms with Crippen molar-refractivity contribution < 1.29 is 9.53 Å². The third-order valence-corrected chi connectivity index (χ3v) is 1.22. The average molecular weight is 157 g/mol. The van der Waals surface area contributed by atoms with Crippen molar-refractivity contribution in [3.8, 4) is 0 Å². The smallest absolute Gasteiger partial charge is 0.323 e. The van der Waals surface area contributed by atoms with Crippen molar-refractivity contribution in [2.45, 2.75) is 26.3 Å². The van der Waals surface area contributed by atoms with Gasteiger partial charge in [-0.05, 0) is 20.3 Å². The first-order valence-corrected chi connectivity index (χ1v) is 3.75. The topological polar surface area (TPSA) is 52.3 Å². The Morgan fingerprint density at radius 1 is 1.73 bits per heavy atom. The molecule has 64 valence electrons. The summed E-state index contributed by atoms with van der Waals surface area (Å²) >= 11 is 0. The third-order valence-electron chi connectivity index (χ3n) is 1.22. The fourth-order valence-electron chi connectivity index (χ4n) is 0.628. The third kappa shape index (κ3) is 4.56. The van der Waals surface area contributed by atoms with E-state index >= 15 is 0 Å². The van der Waals surface area contributed by atoms with Gasteiger partial charge in [0.25, 0.3) is 0 Å². The molecule has 11 heavy (non-hydrogen) atoms. The molecule has 0 saturated carbocycles. The van der Waals surface area contributed by atoms with E-state index in [0.717, 1.165) is 0 Å². The molecule has 0 saturated heterocycles. The number of ether oxygens (including phenoxy) is 1. The summed E-state index contributed by atoms with van der Waals surface area (Å²) in [7, 11) is 0. The molecule has 0 radical (unpaired) electrons. The van der Waals surface area contributed by atoms with Gasteiger partial charge in [-0.2, -0.15) is 0 Å². The standard InChI is InChI=1S/C8H15NO2/c1-3-5-6-7(9)8(10)11-4-2/h3,5,7H,4,6,9H2,1-2H3/b5-3-. The van der Waals surface area contributed by atoms with Crippen LogP contribution in [0.25, 0.3) is 0 Å². The Labute approximate surface area is 67.2 Å². The minimum Gasteiger partial charge on any atom is -0.465 e. The van der Waals surface area contributed by atoms with Gasteiger partial charge >= 0.3 is 5.97 Å². The zero-order chi connectivity index (χ0) is 8.69. The van der Waals surface area contributed by atoms with Crippen LogP contribution in [-0.4, -0.2) is 18.6 Å². The minimum absolute atomic E-state index is 0.328. The number of hydrogen-bond acceptors (Lipinski definition) is 3. The molecule has 3 nitrogen and oxygen atoms in total. The van der Waals surface area contributed by atoms with Crippen molar-refractivity contribution >= 4 is 5.97 Å². The second-order valence-electron chi connectivity index (χ2n) is 2.16. The fraction of sp³-hybridized carbons (Fsp3) is 0.625. The quantitative estimate of drug-likeness (QED) is 0.486. The maximum Gasteiger partial charge on any atom is 0.323 e. The summed E-state index contributed by atoms with van der Waals surface area (Å²) in [4.78, 5) is 10.9. The summed E-state index contributed by atoms with van der Waals surface area (Å²) in [6.07, 6.45) is 4.26. The molecule has 0 aromatic carbocycles. The number of carbonyl (C=O) groups is 1. The van der Waals surface area contributed by atoms with Gasteiger partial charge < -0.3 is 10.5 Å². The van der Waals surface area contributed by atoms with Crippen LogP contribution in [-0.2, 0) is 9.53 Å². The van der Waals surface area contributed by atoms with Crippen molar-refractivity contribution in [2.24, 2.45) is 5.73 Å². The molecule has 0 spiro atoms. The largest absolute Gasteiger partial charge is 0.465 e. The Morgan fingerprint density at radius 2 is 2.36 bits per heavy atom. The molecule has 3 heteroatoms. The number of nitrogens with two attached hydrogens (primary N) is 1. The molecule has 0 aromatic heterocycles. The molecule has 0 aliphatic heterocycles. The summed E-state index contributed by atoms with van der Waals surface area (Å²) in [5.74, 6) is -0.328. The van der Waals surface area contributed by atoms with E-state index in [1.165, 1.54) is 0 Å².